The maximum atomic E-state index is 12.5. The molecule has 5 nitrogen and oxygen atoms in total. The molecule has 1 heterocycles. The van der Waals surface area contributed by atoms with Gasteiger partial charge in [0.05, 0.1) is 7.11 Å². The van der Waals surface area contributed by atoms with E-state index in [0.717, 1.165) is 57.2 Å². The summed E-state index contributed by atoms with van der Waals surface area (Å²) in [4.78, 5) is 25.3. The summed E-state index contributed by atoms with van der Waals surface area (Å²) >= 11 is 0. The lowest BCUT2D eigenvalue weighted by Gasteiger charge is -2.35. The van der Waals surface area contributed by atoms with Crippen LogP contribution in [0.5, 0.6) is 5.75 Å². The van der Waals surface area contributed by atoms with E-state index < -0.39 is 5.97 Å². The average Bonchev–Trinajstić information content (AvgIpc) is 2.66. The van der Waals surface area contributed by atoms with Gasteiger partial charge in [0.15, 0.2) is 0 Å². The fourth-order valence-electron chi connectivity index (χ4n) is 3.64. The zero-order valence-electron chi connectivity index (χ0n) is 15.8. The van der Waals surface area contributed by atoms with Crippen LogP contribution < -0.4 is 4.74 Å². The molecule has 1 atom stereocenters. The third kappa shape index (κ3) is 6.70. The molecule has 1 aromatic carbocycles. The fraction of sp³-hybridized carbons (Fsp3) is 0.619. The Bertz CT molecular complexity index is 570. The maximum absolute atomic E-state index is 12.5. The number of hydrogen-bond acceptors (Lipinski definition) is 3. The Kier molecular flexibility index (Phi) is 8.45. The molecule has 1 fully saturated rings. The number of nitrogens with zero attached hydrogens (tertiary/aromatic N) is 1. The molecule has 144 valence electrons. The van der Waals surface area contributed by atoms with Crippen LogP contribution in [0.3, 0.4) is 0 Å². The molecule has 1 saturated heterocycles. The summed E-state index contributed by atoms with van der Waals surface area (Å²) in [5.74, 6) is 0.296. The summed E-state index contributed by atoms with van der Waals surface area (Å²) in [6.07, 6.45) is 8.40. The number of amides is 1. The summed E-state index contributed by atoms with van der Waals surface area (Å²) in [6.45, 7) is 0.787. The smallest absolute Gasteiger partial charge is 0.303 e. The van der Waals surface area contributed by atoms with E-state index >= 15 is 0 Å². The molecule has 2 rings (SSSR count). The first-order chi connectivity index (χ1) is 12.6. The van der Waals surface area contributed by atoms with Crippen LogP contribution in [0.15, 0.2) is 24.3 Å². The number of aliphatic carboxylic acids is 1. The Hall–Kier alpha value is -2.04. The summed E-state index contributed by atoms with van der Waals surface area (Å²) in [7, 11) is 1.67. The van der Waals surface area contributed by atoms with Gasteiger partial charge < -0.3 is 14.7 Å². The number of unbranched alkanes of at least 4 members (excludes halogenated alkanes) is 2. The largest absolute Gasteiger partial charge is 0.497 e. The zero-order valence-corrected chi connectivity index (χ0v) is 15.8. The Morgan fingerprint density at radius 1 is 1.12 bits per heavy atom. The van der Waals surface area contributed by atoms with Gasteiger partial charge >= 0.3 is 5.97 Å². The van der Waals surface area contributed by atoms with Crippen LogP contribution in [0.4, 0.5) is 0 Å². The first-order valence-electron chi connectivity index (χ1n) is 9.74. The molecule has 1 aliphatic heterocycles. The van der Waals surface area contributed by atoms with Crippen molar-refractivity contribution in [1.82, 2.24) is 4.90 Å². The SMILES string of the molecule is COc1ccc(CCCCCC(=O)N2CCCCC2CCC(=O)O)cc1. The van der Waals surface area contributed by atoms with Gasteiger partial charge in [0.1, 0.15) is 5.75 Å². The number of benzene rings is 1. The molecule has 1 unspecified atom stereocenters. The van der Waals surface area contributed by atoms with Gasteiger partial charge in [0, 0.05) is 25.4 Å². The molecule has 0 aliphatic carbocycles. The van der Waals surface area contributed by atoms with Crippen molar-refractivity contribution in [3.63, 3.8) is 0 Å². The van der Waals surface area contributed by atoms with Crippen molar-refractivity contribution < 1.29 is 19.4 Å². The van der Waals surface area contributed by atoms with Crippen molar-refractivity contribution in [2.75, 3.05) is 13.7 Å². The lowest BCUT2D eigenvalue weighted by molar-refractivity contribution is -0.140. The van der Waals surface area contributed by atoms with E-state index in [0.29, 0.717) is 12.8 Å². The standard InChI is InChI=1S/C21H31NO4/c1-26-19-13-10-17(11-14-19)7-3-2-4-9-20(23)22-16-6-5-8-18(22)12-15-21(24)25/h10-11,13-14,18H,2-9,12,15-16H2,1H3,(H,24,25). The van der Waals surface area contributed by atoms with Crippen LogP contribution in [-0.2, 0) is 16.0 Å². The number of ether oxygens (including phenoxy) is 1. The number of carbonyl (C=O) groups is 2. The first kappa shape index (κ1) is 20.3. The van der Waals surface area contributed by atoms with Crippen LogP contribution in [0, 0.1) is 0 Å². The fourth-order valence-corrected chi connectivity index (χ4v) is 3.64. The normalized spacial score (nSPS) is 17.1. The van der Waals surface area contributed by atoms with Crippen molar-refractivity contribution in [3.8, 4) is 5.75 Å². The summed E-state index contributed by atoms with van der Waals surface area (Å²) in [6, 6.07) is 8.25. The van der Waals surface area contributed by atoms with E-state index in [9.17, 15) is 9.59 Å². The van der Waals surface area contributed by atoms with Crippen LogP contribution in [0.1, 0.15) is 63.4 Å². The van der Waals surface area contributed by atoms with Gasteiger partial charge in [0.2, 0.25) is 5.91 Å². The molecular weight excluding hydrogens is 330 g/mol. The second kappa shape index (κ2) is 10.8. The topological polar surface area (TPSA) is 66.8 Å². The third-order valence-electron chi connectivity index (χ3n) is 5.15. The predicted octanol–water partition coefficient (Wildman–Crippen LogP) is 4.04. The Balaban J connectivity index is 1.67. The van der Waals surface area contributed by atoms with Gasteiger partial charge in [-0.25, -0.2) is 0 Å². The van der Waals surface area contributed by atoms with E-state index in [-0.39, 0.29) is 18.4 Å². The van der Waals surface area contributed by atoms with E-state index in [2.05, 4.69) is 12.1 Å². The molecule has 26 heavy (non-hydrogen) atoms. The van der Waals surface area contributed by atoms with Crippen LogP contribution in [-0.4, -0.2) is 41.6 Å². The zero-order chi connectivity index (χ0) is 18.8. The number of piperidine rings is 1. The molecule has 1 N–H and O–H groups in total. The van der Waals surface area contributed by atoms with Crippen molar-refractivity contribution in [1.29, 1.82) is 0 Å². The molecule has 0 aromatic heterocycles. The van der Waals surface area contributed by atoms with Gasteiger partial charge in [-0.1, -0.05) is 18.6 Å². The minimum absolute atomic E-state index is 0.117. The minimum Gasteiger partial charge on any atom is -0.497 e. The number of rotatable bonds is 10. The Labute approximate surface area is 156 Å². The van der Waals surface area contributed by atoms with Crippen LogP contribution in [0.2, 0.25) is 0 Å². The molecule has 0 radical (unpaired) electrons. The Morgan fingerprint density at radius 2 is 1.88 bits per heavy atom. The first-order valence-corrected chi connectivity index (χ1v) is 9.74. The maximum Gasteiger partial charge on any atom is 0.303 e. The van der Waals surface area contributed by atoms with Gasteiger partial charge in [0.25, 0.3) is 0 Å². The minimum atomic E-state index is -0.776. The predicted molar refractivity (Wildman–Crippen MR) is 101 cm³/mol. The molecule has 0 bridgehead atoms. The molecule has 5 heteroatoms. The highest BCUT2D eigenvalue weighted by Gasteiger charge is 2.26. The van der Waals surface area contributed by atoms with Crippen molar-refractivity contribution in [2.45, 2.75) is 70.3 Å². The lowest BCUT2D eigenvalue weighted by Crippen LogP contribution is -2.43. The van der Waals surface area contributed by atoms with E-state index in [4.69, 9.17) is 9.84 Å². The van der Waals surface area contributed by atoms with Crippen molar-refractivity contribution >= 4 is 11.9 Å². The highest BCUT2D eigenvalue weighted by molar-refractivity contribution is 5.76. The Morgan fingerprint density at radius 3 is 2.58 bits per heavy atom. The molecule has 1 aliphatic rings. The van der Waals surface area contributed by atoms with E-state index in [1.165, 1.54) is 5.56 Å². The van der Waals surface area contributed by atoms with Crippen LogP contribution >= 0.6 is 0 Å². The number of methoxy groups -OCH3 is 1. The molecule has 1 amide bonds. The number of aryl methyl sites for hydroxylation is 1. The summed E-state index contributed by atoms with van der Waals surface area (Å²) in [5.41, 5.74) is 1.29. The molecular formula is C21H31NO4. The van der Waals surface area contributed by atoms with E-state index in [1.54, 1.807) is 7.11 Å². The van der Waals surface area contributed by atoms with Gasteiger partial charge in [-0.2, -0.15) is 0 Å². The number of likely N-dealkylation sites (tertiary alicyclic amines) is 1. The number of hydrogen-bond donors (Lipinski definition) is 1. The van der Waals surface area contributed by atoms with Gasteiger partial charge in [-0.05, 0) is 62.6 Å². The lowest BCUT2D eigenvalue weighted by atomic mass is 9.97. The average molecular weight is 361 g/mol. The van der Waals surface area contributed by atoms with Gasteiger partial charge in [-0.15, -0.1) is 0 Å². The number of carbonyl (C=O) groups excluding carboxylic acids is 1. The molecule has 1 aromatic rings. The number of carboxylic acids is 1. The summed E-state index contributed by atoms with van der Waals surface area (Å²) in [5, 5.41) is 8.88. The molecule has 0 spiro atoms. The number of carboxylic acid groups (broad SMARTS) is 1. The van der Waals surface area contributed by atoms with Crippen molar-refractivity contribution in [3.05, 3.63) is 29.8 Å². The van der Waals surface area contributed by atoms with E-state index in [1.807, 2.05) is 17.0 Å². The quantitative estimate of drug-likeness (QED) is 0.639. The highest BCUT2D eigenvalue weighted by Crippen LogP contribution is 2.22. The second-order valence-corrected chi connectivity index (χ2v) is 7.08. The molecule has 0 saturated carbocycles. The van der Waals surface area contributed by atoms with Gasteiger partial charge in [-0.3, -0.25) is 9.59 Å². The second-order valence-electron chi connectivity index (χ2n) is 7.08. The monoisotopic (exact) mass is 361 g/mol. The highest BCUT2D eigenvalue weighted by atomic mass is 16.5. The van der Waals surface area contributed by atoms with Crippen molar-refractivity contribution in [2.24, 2.45) is 0 Å². The summed E-state index contributed by atoms with van der Waals surface area (Å²) < 4.78 is 5.16. The van der Waals surface area contributed by atoms with Crippen LogP contribution in [0.25, 0.3) is 0 Å². The third-order valence-corrected chi connectivity index (χ3v) is 5.15.